The first-order chi connectivity index (χ1) is 8.56. The average molecular weight is 319 g/mol. The van der Waals surface area contributed by atoms with Crippen molar-refractivity contribution < 1.29 is 24.1 Å². The Balaban J connectivity index is 3.47. The molecule has 0 bridgehead atoms. The van der Waals surface area contributed by atoms with Crippen LogP contribution in [0.3, 0.4) is 0 Å². The summed E-state index contributed by atoms with van der Waals surface area (Å²) in [5.41, 5.74) is 0.0719. The highest BCUT2D eigenvalue weighted by atomic mass is 79.9. The van der Waals surface area contributed by atoms with Gasteiger partial charge in [0, 0.05) is 0 Å². The van der Waals surface area contributed by atoms with Gasteiger partial charge in [-0.25, -0.2) is 4.79 Å². The molecule has 0 radical (unpaired) electrons. The lowest BCUT2D eigenvalue weighted by molar-refractivity contribution is 0.0694. The molecule has 0 aliphatic rings. The fourth-order valence-electron chi connectivity index (χ4n) is 1.48. The van der Waals surface area contributed by atoms with Gasteiger partial charge in [-0.05, 0) is 35.8 Å². The molecule has 5 nitrogen and oxygen atoms in total. The number of rotatable bonds is 6. The van der Waals surface area contributed by atoms with Gasteiger partial charge in [0.2, 0.25) is 5.75 Å². The van der Waals surface area contributed by atoms with Gasteiger partial charge in [-0.3, -0.25) is 0 Å². The van der Waals surface area contributed by atoms with Crippen LogP contribution in [0.4, 0.5) is 0 Å². The van der Waals surface area contributed by atoms with E-state index in [1.54, 1.807) is 6.92 Å². The van der Waals surface area contributed by atoms with Crippen LogP contribution in [0.15, 0.2) is 10.5 Å². The quantitative estimate of drug-likeness (QED) is 0.873. The van der Waals surface area contributed by atoms with E-state index >= 15 is 0 Å². The van der Waals surface area contributed by atoms with Crippen molar-refractivity contribution in [2.24, 2.45) is 0 Å². The standard InChI is InChI=1S/C12H15BrO5/c1-4-17-8-6-7(12(14)15)9(13)11(18-5-2)10(8)16-3/h6H,4-5H2,1-3H3,(H,14,15). The largest absolute Gasteiger partial charge is 0.490 e. The van der Waals surface area contributed by atoms with E-state index in [1.165, 1.54) is 13.2 Å². The molecule has 6 heteroatoms. The van der Waals surface area contributed by atoms with E-state index in [9.17, 15) is 4.79 Å². The van der Waals surface area contributed by atoms with Crippen LogP contribution in [0.2, 0.25) is 0 Å². The van der Waals surface area contributed by atoms with Crippen LogP contribution >= 0.6 is 15.9 Å². The molecule has 0 unspecified atom stereocenters. The predicted molar refractivity (Wildman–Crippen MR) is 70.0 cm³/mol. The number of benzene rings is 1. The molecule has 1 aromatic rings. The molecule has 1 N–H and O–H groups in total. The molecule has 0 aliphatic carbocycles. The fraction of sp³-hybridized carbons (Fsp3) is 0.417. The van der Waals surface area contributed by atoms with Gasteiger partial charge in [0.15, 0.2) is 11.5 Å². The third-order valence-corrected chi connectivity index (χ3v) is 2.95. The van der Waals surface area contributed by atoms with Crippen molar-refractivity contribution in [2.75, 3.05) is 20.3 Å². The molecular weight excluding hydrogens is 304 g/mol. The van der Waals surface area contributed by atoms with Crippen LogP contribution in [0.1, 0.15) is 24.2 Å². The molecule has 0 atom stereocenters. The average Bonchev–Trinajstić information content (AvgIpc) is 2.33. The first-order valence-electron chi connectivity index (χ1n) is 5.46. The molecule has 18 heavy (non-hydrogen) atoms. The van der Waals surface area contributed by atoms with E-state index in [-0.39, 0.29) is 5.56 Å². The van der Waals surface area contributed by atoms with Crippen LogP contribution in [-0.2, 0) is 0 Å². The van der Waals surface area contributed by atoms with Crippen molar-refractivity contribution in [1.29, 1.82) is 0 Å². The lowest BCUT2D eigenvalue weighted by atomic mass is 10.2. The third kappa shape index (κ3) is 2.87. The number of ether oxygens (including phenoxy) is 3. The zero-order valence-corrected chi connectivity index (χ0v) is 12.0. The Hall–Kier alpha value is -1.43. The number of hydrogen-bond acceptors (Lipinski definition) is 4. The maximum absolute atomic E-state index is 11.2. The van der Waals surface area contributed by atoms with Crippen LogP contribution in [0.25, 0.3) is 0 Å². The Kier molecular flexibility index (Phi) is 5.27. The molecule has 0 aromatic heterocycles. The fourth-order valence-corrected chi connectivity index (χ4v) is 2.06. The van der Waals surface area contributed by atoms with Gasteiger partial charge >= 0.3 is 5.97 Å². The number of carbonyl (C=O) groups is 1. The maximum atomic E-state index is 11.2. The molecule has 100 valence electrons. The van der Waals surface area contributed by atoms with Crippen LogP contribution in [0, 0.1) is 0 Å². The number of aromatic carboxylic acids is 1. The van der Waals surface area contributed by atoms with Gasteiger partial charge < -0.3 is 19.3 Å². The summed E-state index contributed by atoms with van der Waals surface area (Å²) >= 11 is 3.22. The molecule has 1 aromatic carbocycles. The van der Waals surface area contributed by atoms with Gasteiger partial charge in [0.05, 0.1) is 30.4 Å². The topological polar surface area (TPSA) is 65.0 Å². The minimum absolute atomic E-state index is 0.0719. The Morgan fingerprint density at radius 1 is 1.28 bits per heavy atom. The number of carboxylic acids is 1. The summed E-state index contributed by atoms with van der Waals surface area (Å²) in [5.74, 6) is 0.00871. The minimum Gasteiger partial charge on any atom is -0.490 e. The number of hydrogen-bond donors (Lipinski definition) is 1. The molecule has 0 saturated heterocycles. The van der Waals surface area contributed by atoms with Crippen molar-refractivity contribution in [3.05, 3.63) is 16.1 Å². The van der Waals surface area contributed by atoms with Crippen molar-refractivity contribution in [3.8, 4) is 17.2 Å². The van der Waals surface area contributed by atoms with E-state index in [1.807, 2.05) is 6.92 Å². The molecule has 0 fully saturated rings. The van der Waals surface area contributed by atoms with Gasteiger partial charge in [0.25, 0.3) is 0 Å². The van der Waals surface area contributed by atoms with E-state index in [0.717, 1.165) is 0 Å². The third-order valence-electron chi connectivity index (χ3n) is 2.16. The van der Waals surface area contributed by atoms with E-state index in [4.69, 9.17) is 19.3 Å². The molecule has 0 aliphatic heterocycles. The van der Waals surface area contributed by atoms with E-state index < -0.39 is 5.97 Å². The second-order valence-electron chi connectivity index (χ2n) is 3.27. The molecule has 0 heterocycles. The Morgan fingerprint density at radius 3 is 2.33 bits per heavy atom. The highest BCUT2D eigenvalue weighted by Gasteiger charge is 2.22. The number of carboxylic acid groups (broad SMARTS) is 1. The van der Waals surface area contributed by atoms with E-state index in [2.05, 4.69) is 15.9 Å². The molecule has 0 saturated carbocycles. The number of methoxy groups -OCH3 is 1. The summed E-state index contributed by atoms with van der Waals surface area (Å²) in [6, 6.07) is 1.41. The zero-order chi connectivity index (χ0) is 13.7. The Labute approximate surface area is 114 Å². The van der Waals surface area contributed by atoms with Crippen LogP contribution in [-0.4, -0.2) is 31.4 Å². The van der Waals surface area contributed by atoms with Crippen LogP contribution in [0.5, 0.6) is 17.2 Å². The van der Waals surface area contributed by atoms with E-state index in [0.29, 0.717) is 34.9 Å². The minimum atomic E-state index is -1.06. The maximum Gasteiger partial charge on any atom is 0.337 e. The smallest absolute Gasteiger partial charge is 0.337 e. The summed E-state index contributed by atoms with van der Waals surface area (Å²) in [5, 5.41) is 9.13. The van der Waals surface area contributed by atoms with Crippen LogP contribution < -0.4 is 14.2 Å². The second-order valence-corrected chi connectivity index (χ2v) is 4.06. The summed E-state index contributed by atoms with van der Waals surface area (Å²) < 4.78 is 16.4. The molecule has 0 spiro atoms. The normalized spacial score (nSPS) is 10.0. The molecule has 0 amide bonds. The zero-order valence-electron chi connectivity index (χ0n) is 10.4. The molecule has 1 rings (SSSR count). The van der Waals surface area contributed by atoms with Crippen molar-refractivity contribution in [1.82, 2.24) is 0 Å². The summed E-state index contributed by atoms with van der Waals surface area (Å²) in [6.07, 6.45) is 0. The number of halogens is 1. The Morgan fingerprint density at radius 2 is 1.89 bits per heavy atom. The SMILES string of the molecule is CCOc1cc(C(=O)O)c(Br)c(OCC)c1OC. The highest BCUT2D eigenvalue weighted by Crippen LogP contribution is 2.45. The first-order valence-corrected chi connectivity index (χ1v) is 6.25. The molecular formula is C12H15BrO5. The Bertz CT molecular complexity index is 445. The lowest BCUT2D eigenvalue weighted by Crippen LogP contribution is -2.06. The monoisotopic (exact) mass is 318 g/mol. The van der Waals surface area contributed by atoms with Crippen molar-refractivity contribution >= 4 is 21.9 Å². The summed E-state index contributed by atoms with van der Waals surface area (Å²) in [7, 11) is 1.48. The highest BCUT2D eigenvalue weighted by molar-refractivity contribution is 9.10. The lowest BCUT2D eigenvalue weighted by Gasteiger charge is -2.17. The van der Waals surface area contributed by atoms with Gasteiger partial charge in [-0.2, -0.15) is 0 Å². The van der Waals surface area contributed by atoms with Gasteiger partial charge in [-0.15, -0.1) is 0 Å². The van der Waals surface area contributed by atoms with Gasteiger partial charge in [0.1, 0.15) is 0 Å². The predicted octanol–water partition coefficient (Wildman–Crippen LogP) is 2.95. The second kappa shape index (κ2) is 6.49. The first kappa shape index (κ1) is 14.6. The van der Waals surface area contributed by atoms with Crippen molar-refractivity contribution in [3.63, 3.8) is 0 Å². The summed E-state index contributed by atoms with van der Waals surface area (Å²) in [4.78, 5) is 11.2. The van der Waals surface area contributed by atoms with Crippen molar-refractivity contribution in [2.45, 2.75) is 13.8 Å². The van der Waals surface area contributed by atoms with Gasteiger partial charge in [-0.1, -0.05) is 0 Å². The summed E-state index contributed by atoms with van der Waals surface area (Å²) in [6.45, 7) is 4.41.